The first-order valence-electron chi connectivity index (χ1n) is 7.92. The Balaban J connectivity index is 0.00000441. The van der Waals surface area contributed by atoms with E-state index in [4.69, 9.17) is 0 Å². The maximum absolute atomic E-state index is 4.27. The molecule has 0 fully saturated rings. The van der Waals surface area contributed by atoms with Crippen molar-refractivity contribution >= 4 is 29.9 Å². The van der Waals surface area contributed by atoms with Crippen molar-refractivity contribution in [1.29, 1.82) is 0 Å². The number of benzene rings is 1. The van der Waals surface area contributed by atoms with Gasteiger partial charge in [0.2, 0.25) is 0 Å². The standard InChI is InChI=1S/C17H30N4.HI/c1-5-12-21(6-2)13-11-19-17(18-4)20-14-16-9-7-15(3)8-10-16;/h7-10H,5-6,11-14H2,1-4H3,(H2,18,19,20);1H. The molecule has 0 aliphatic heterocycles. The smallest absolute Gasteiger partial charge is 0.191 e. The van der Waals surface area contributed by atoms with Gasteiger partial charge in [-0.15, -0.1) is 24.0 Å². The van der Waals surface area contributed by atoms with Crippen LogP contribution in [0.1, 0.15) is 31.4 Å². The summed E-state index contributed by atoms with van der Waals surface area (Å²) in [5.74, 6) is 0.864. The summed E-state index contributed by atoms with van der Waals surface area (Å²) in [6.45, 7) is 11.6. The zero-order valence-corrected chi connectivity index (χ0v) is 16.7. The predicted molar refractivity (Wildman–Crippen MR) is 107 cm³/mol. The fraction of sp³-hybridized carbons (Fsp3) is 0.588. The van der Waals surface area contributed by atoms with Crippen LogP contribution in [0.3, 0.4) is 0 Å². The van der Waals surface area contributed by atoms with Crippen molar-refractivity contribution in [1.82, 2.24) is 15.5 Å². The van der Waals surface area contributed by atoms with Gasteiger partial charge in [0.1, 0.15) is 0 Å². The highest BCUT2D eigenvalue weighted by molar-refractivity contribution is 14.0. The molecule has 4 nitrogen and oxygen atoms in total. The summed E-state index contributed by atoms with van der Waals surface area (Å²) in [7, 11) is 1.81. The van der Waals surface area contributed by atoms with Crippen LogP contribution in [0, 0.1) is 6.92 Å². The lowest BCUT2D eigenvalue weighted by molar-refractivity contribution is 0.293. The number of hydrogen-bond acceptors (Lipinski definition) is 2. The Morgan fingerprint density at radius 3 is 2.32 bits per heavy atom. The Labute approximate surface area is 152 Å². The molecule has 0 saturated heterocycles. The van der Waals surface area contributed by atoms with Crippen LogP contribution in [-0.4, -0.2) is 44.1 Å². The van der Waals surface area contributed by atoms with Crippen molar-refractivity contribution in [2.45, 2.75) is 33.7 Å². The average molecular weight is 418 g/mol. The lowest BCUT2D eigenvalue weighted by Crippen LogP contribution is -2.41. The Morgan fingerprint density at radius 2 is 1.77 bits per heavy atom. The Hall–Kier alpha value is -0.820. The highest BCUT2D eigenvalue weighted by atomic mass is 127. The van der Waals surface area contributed by atoms with Gasteiger partial charge in [0.05, 0.1) is 0 Å². The zero-order chi connectivity index (χ0) is 15.5. The lowest BCUT2D eigenvalue weighted by Gasteiger charge is -2.20. The number of nitrogens with zero attached hydrogens (tertiary/aromatic N) is 2. The molecule has 5 heteroatoms. The maximum Gasteiger partial charge on any atom is 0.191 e. The third kappa shape index (κ3) is 8.58. The van der Waals surface area contributed by atoms with Crippen molar-refractivity contribution in [3.8, 4) is 0 Å². The van der Waals surface area contributed by atoms with E-state index in [1.54, 1.807) is 0 Å². The van der Waals surface area contributed by atoms with E-state index in [0.717, 1.165) is 38.7 Å². The monoisotopic (exact) mass is 418 g/mol. The molecule has 1 aromatic carbocycles. The van der Waals surface area contributed by atoms with Gasteiger partial charge in [-0.2, -0.15) is 0 Å². The number of aryl methyl sites for hydroxylation is 1. The lowest BCUT2D eigenvalue weighted by atomic mass is 10.1. The molecule has 0 spiro atoms. The molecule has 0 unspecified atom stereocenters. The van der Waals surface area contributed by atoms with Crippen molar-refractivity contribution in [3.63, 3.8) is 0 Å². The molecule has 126 valence electrons. The molecule has 0 amide bonds. The highest BCUT2D eigenvalue weighted by Crippen LogP contribution is 2.02. The van der Waals surface area contributed by atoms with Crippen LogP contribution in [-0.2, 0) is 6.54 Å². The highest BCUT2D eigenvalue weighted by Gasteiger charge is 2.02. The van der Waals surface area contributed by atoms with Crippen LogP contribution < -0.4 is 10.6 Å². The van der Waals surface area contributed by atoms with Gasteiger partial charge in [-0.1, -0.05) is 43.7 Å². The van der Waals surface area contributed by atoms with E-state index in [2.05, 4.69) is 65.6 Å². The average Bonchev–Trinajstić information content (AvgIpc) is 2.51. The second-order valence-corrected chi connectivity index (χ2v) is 5.27. The number of nitrogens with one attached hydrogen (secondary N) is 2. The van der Waals surface area contributed by atoms with Gasteiger partial charge < -0.3 is 15.5 Å². The molecule has 22 heavy (non-hydrogen) atoms. The molecule has 0 atom stereocenters. The molecule has 0 radical (unpaired) electrons. The second-order valence-electron chi connectivity index (χ2n) is 5.27. The summed E-state index contributed by atoms with van der Waals surface area (Å²) in [4.78, 5) is 6.71. The Bertz CT molecular complexity index is 417. The minimum absolute atomic E-state index is 0. The normalized spacial score (nSPS) is 11.2. The number of rotatable bonds is 8. The number of hydrogen-bond donors (Lipinski definition) is 2. The largest absolute Gasteiger partial charge is 0.355 e. The first kappa shape index (κ1) is 21.2. The molecule has 0 aliphatic carbocycles. The number of guanidine groups is 1. The van der Waals surface area contributed by atoms with Crippen LogP contribution in [0.5, 0.6) is 0 Å². The van der Waals surface area contributed by atoms with E-state index in [0.29, 0.717) is 0 Å². The van der Waals surface area contributed by atoms with Crippen molar-refractivity contribution in [3.05, 3.63) is 35.4 Å². The van der Waals surface area contributed by atoms with Gasteiger partial charge in [-0.25, -0.2) is 0 Å². The zero-order valence-electron chi connectivity index (χ0n) is 14.4. The van der Waals surface area contributed by atoms with E-state index in [9.17, 15) is 0 Å². The Morgan fingerprint density at radius 1 is 1.09 bits per heavy atom. The van der Waals surface area contributed by atoms with Crippen LogP contribution in [0.25, 0.3) is 0 Å². The molecular weight excluding hydrogens is 387 g/mol. The minimum atomic E-state index is 0. The second kappa shape index (κ2) is 12.7. The summed E-state index contributed by atoms with van der Waals surface area (Å²) in [6.07, 6.45) is 1.20. The third-order valence-electron chi connectivity index (χ3n) is 3.51. The van der Waals surface area contributed by atoms with Crippen LogP contribution >= 0.6 is 24.0 Å². The summed E-state index contributed by atoms with van der Waals surface area (Å²) >= 11 is 0. The van der Waals surface area contributed by atoms with E-state index >= 15 is 0 Å². The van der Waals surface area contributed by atoms with E-state index in [-0.39, 0.29) is 24.0 Å². The summed E-state index contributed by atoms with van der Waals surface area (Å²) in [5, 5.41) is 6.72. The molecule has 1 rings (SSSR count). The molecule has 0 heterocycles. The summed E-state index contributed by atoms with van der Waals surface area (Å²) < 4.78 is 0. The first-order chi connectivity index (χ1) is 10.2. The summed E-state index contributed by atoms with van der Waals surface area (Å²) in [6, 6.07) is 8.57. The van der Waals surface area contributed by atoms with Gasteiger partial charge in [-0.3, -0.25) is 4.99 Å². The minimum Gasteiger partial charge on any atom is -0.355 e. The maximum atomic E-state index is 4.27. The topological polar surface area (TPSA) is 39.7 Å². The SMILES string of the molecule is CCCN(CC)CCNC(=NC)NCc1ccc(C)cc1.I. The molecule has 1 aromatic rings. The van der Waals surface area contributed by atoms with Gasteiger partial charge in [0, 0.05) is 26.7 Å². The predicted octanol–water partition coefficient (Wildman–Crippen LogP) is 3.01. The van der Waals surface area contributed by atoms with Crippen molar-refractivity contribution in [2.24, 2.45) is 4.99 Å². The van der Waals surface area contributed by atoms with E-state index in [1.165, 1.54) is 17.5 Å². The number of halogens is 1. The van der Waals surface area contributed by atoms with Crippen LogP contribution in [0.2, 0.25) is 0 Å². The number of likely N-dealkylation sites (N-methyl/N-ethyl adjacent to an activating group) is 1. The molecular formula is C17H31IN4. The summed E-state index contributed by atoms with van der Waals surface area (Å²) in [5.41, 5.74) is 2.56. The molecule has 2 N–H and O–H groups in total. The first-order valence-corrected chi connectivity index (χ1v) is 7.92. The quantitative estimate of drug-likeness (QED) is 0.388. The van der Waals surface area contributed by atoms with E-state index < -0.39 is 0 Å². The molecule has 0 saturated carbocycles. The van der Waals surface area contributed by atoms with E-state index in [1.807, 2.05) is 7.05 Å². The van der Waals surface area contributed by atoms with Gasteiger partial charge in [0.15, 0.2) is 5.96 Å². The van der Waals surface area contributed by atoms with Gasteiger partial charge in [0.25, 0.3) is 0 Å². The van der Waals surface area contributed by atoms with Gasteiger partial charge in [-0.05, 0) is 32.0 Å². The fourth-order valence-electron chi connectivity index (χ4n) is 2.19. The van der Waals surface area contributed by atoms with Crippen molar-refractivity contribution in [2.75, 3.05) is 33.2 Å². The number of aliphatic imine (C=N–C) groups is 1. The van der Waals surface area contributed by atoms with Crippen LogP contribution in [0.4, 0.5) is 0 Å². The van der Waals surface area contributed by atoms with Gasteiger partial charge >= 0.3 is 0 Å². The van der Waals surface area contributed by atoms with Crippen molar-refractivity contribution < 1.29 is 0 Å². The van der Waals surface area contributed by atoms with Crippen LogP contribution in [0.15, 0.2) is 29.3 Å². The third-order valence-corrected chi connectivity index (χ3v) is 3.51. The molecule has 0 bridgehead atoms. The molecule has 0 aliphatic rings. The Kier molecular flexibility index (Phi) is 12.2. The molecule has 0 aromatic heterocycles. The fourth-order valence-corrected chi connectivity index (χ4v) is 2.19.